The average molecular weight is 237 g/mol. The van der Waals surface area contributed by atoms with Crippen molar-refractivity contribution < 1.29 is 4.52 Å². The van der Waals surface area contributed by atoms with Gasteiger partial charge in [-0.1, -0.05) is 0 Å². The van der Waals surface area contributed by atoms with E-state index in [4.69, 9.17) is 39.3 Å². The molecule has 0 unspecified atom stereocenters. The van der Waals surface area contributed by atoms with Crippen LogP contribution in [0.4, 0.5) is 0 Å². The topological polar surface area (TPSA) is 9.23 Å². The third-order valence-electron chi connectivity index (χ3n) is 1.02. The summed E-state index contributed by atoms with van der Waals surface area (Å²) in [5.41, 5.74) is 0. The van der Waals surface area contributed by atoms with Crippen LogP contribution in [0.25, 0.3) is 0 Å². The molecule has 0 radical (unpaired) electrons. The number of halogens is 3. The van der Waals surface area contributed by atoms with Crippen LogP contribution < -0.4 is 0 Å². The van der Waals surface area contributed by atoms with Crippen LogP contribution >= 0.6 is 43.0 Å². The van der Waals surface area contributed by atoms with E-state index in [1.54, 1.807) is 0 Å². The molecule has 0 spiro atoms. The second kappa shape index (κ2) is 9.35. The lowest BCUT2D eigenvalue weighted by atomic mass is 10.9. The van der Waals surface area contributed by atoms with Crippen molar-refractivity contribution in [3.8, 4) is 0 Å². The average Bonchev–Trinajstić information content (AvgIpc) is 2.01. The Morgan fingerprint density at radius 3 is 1.82 bits per heavy atom. The summed E-state index contributed by atoms with van der Waals surface area (Å²) >= 11 is 16.6. The van der Waals surface area contributed by atoms with Crippen LogP contribution in [0.5, 0.6) is 0 Å². The molecule has 0 saturated carbocycles. The zero-order valence-electron chi connectivity index (χ0n) is 6.23. The molecule has 0 aromatic heterocycles. The van der Waals surface area contributed by atoms with E-state index in [1.165, 1.54) is 0 Å². The van der Waals surface area contributed by atoms with Crippen LogP contribution in [0.3, 0.4) is 0 Å². The zero-order valence-corrected chi connectivity index (χ0v) is 9.39. The van der Waals surface area contributed by atoms with E-state index in [0.29, 0.717) is 24.2 Å². The fourth-order valence-electron chi connectivity index (χ4n) is 0.593. The van der Waals surface area contributed by atoms with Crippen molar-refractivity contribution in [2.24, 2.45) is 0 Å². The maximum atomic E-state index is 5.57. The van der Waals surface area contributed by atoms with Gasteiger partial charge in [0.2, 0.25) is 0 Å². The van der Waals surface area contributed by atoms with Crippen molar-refractivity contribution >= 4 is 43.0 Å². The smallest absolute Gasteiger partial charge is 0.0644 e. The summed E-state index contributed by atoms with van der Waals surface area (Å²) in [4.78, 5) is 0. The van der Waals surface area contributed by atoms with E-state index in [0.717, 1.165) is 12.3 Å². The number of hydrogen-bond acceptors (Lipinski definition) is 1. The molecule has 0 atom stereocenters. The molecule has 0 aliphatic carbocycles. The quantitative estimate of drug-likeness (QED) is 0.488. The van der Waals surface area contributed by atoms with Crippen LogP contribution in [-0.4, -0.2) is 36.6 Å². The predicted molar refractivity (Wildman–Crippen MR) is 54.8 cm³/mol. The molecular formula is C6H12Cl3OP. The molecule has 0 aliphatic heterocycles. The Labute approximate surface area is 84.2 Å². The maximum absolute atomic E-state index is 5.57. The first-order chi connectivity index (χ1) is 5.35. The van der Waals surface area contributed by atoms with Crippen LogP contribution in [0.15, 0.2) is 0 Å². The fourth-order valence-corrected chi connectivity index (χ4v) is 3.12. The van der Waals surface area contributed by atoms with Gasteiger partial charge in [-0.05, 0) is 0 Å². The van der Waals surface area contributed by atoms with Gasteiger partial charge in [-0.15, -0.1) is 34.8 Å². The Morgan fingerprint density at radius 1 is 0.909 bits per heavy atom. The Kier molecular flexibility index (Phi) is 10.4. The van der Waals surface area contributed by atoms with Gasteiger partial charge in [0.05, 0.1) is 6.61 Å². The second-order valence-corrected chi connectivity index (χ2v) is 5.08. The Hall–Kier alpha value is 1.26. The Bertz CT molecular complexity index is 78.2. The van der Waals surface area contributed by atoms with Gasteiger partial charge in [0.25, 0.3) is 0 Å². The van der Waals surface area contributed by atoms with Crippen molar-refractivity contribution in [3.05, 3.63) is 0 Å². The molecule has 0 aliphatic rings. The molecule has 0 bridgehead atoms. The molecular weight excluding hydrogens is 225 g/mol. The number of rotatable bonds is 7. The number of alkyl halides is 3. The first kappa shape index (κ1) is 12.3. The Balaban J connectivity index is 3.34. The third kappa shape index (κ3) is 7.62. The maximum Gasteiger partial charge on any atom is 0.0644 e. The number of hydrogen-bond donors (Lipinski definition) is 0. The van der Waals surface area contributed by atoms with Crippen molar-refractivity contribution in [2.75, 3.05) is 36.6 Å². The molecule has 0 amide bonds. The Morgan fingerprint density at radius 2 is 1.45 bits per heavy atom. The van der Waals surface area contributed by atoms with Crippen LogP contribution in [0.1, 0.15) is 0 Å². The normalized spacial score (nSPS) is 10.9. The van der Waals surface area contributed by atoms with E-state index in [9.17, 15) is 0 Å². The first-order valence-electron chi connectivity index (χ1n) is 3.41. The summed E-state index contributed by atoms with van der Waals surface area (Å²) in [6.07, 6.45) is 1.83. The molecule has 0 heterocycles. The third-order valence-corrected chi connectivity index (χ3v) is 4.07. The van der Waals surface area contributed by atoms with E-state index in [2.05, 4.69) is 0 Å². The highest BCUT2D eigenvalue weighted by Gasteiger charge is 2.06. The van der Waals surface area contributed by atoms with Gasteiger partial charge in [-0.25, -0.2) is 0 Å². The van der Waals surface area contributed by atoms with E-state index in [-0.39, 0.29) is 0 Å². The largest absolute Gasteiger partial charge is 0.358 e. The van der Waals surface area contributed by atoms with Crippen molar-refractivity contribution in [1.29, 1.82) is 0 Å². The predicted octanol–water partition coefficient (Wildman–Crippen LogP) is 3.12. The zero-order chi connectivity index (χ0) is 8.53. The summed E-state index contributed by atoms with van der Waals surface area (Å²) in [7, 11) is -0.415. The van der Waals surface area contributed by atoms with Gasteiger partial charge in [-0.3, -0.25) is 0 Å². The standard InChI is InChI=1S/C6H12Cl3OP/c7-1-4-10-11(5-2-8)6-3-9/h1-6H2. The summed E-state index contributed by atoms with van der Waals surface area (Å²) in [6, 6.07) is 0. The van der Waals surface area contributed by atoms with Crippen molar-refractivity contribution in [3.63, 3.8) is 0 Å². The molecule has 11 heavy (non-hydrogen) atoms. The van der Waals surface area contributed by atoms with Crippen molar-refractivity contribution in [1.82, 2.24) is 0 Å². The van der Waals surface area contributed by atoms with Gasteiger partial charge >= 0.3 is 0 Å². The van der Waals surface area contributed by atoms with E-state index < -0.39 is 8.15 Å². The highest BCUT2D eigenvalue weighted by Crippen LogP contribution is 2.36. The second-order valence-electron chi connectivity index (χ2n) is 1.83. The van der Waals surface area contributed by atoms with Gasteiger partial charge in [0.15, 0.2) is 0 Å². The van der Waals surface area contributed by atoms with E-state index >= 15 is 0 Å². The molecule has 5 heteroatoms. The lowest BCUT2D eigenvalue weighted by Crippen LogP contribution is -1.99. The minimum atomic E-state index is -0.415. The minimum Gasteiger partial charge on any atom is -0.358 e. The van der Waals surface area contributed by atoms with Gasteiger partial charge < -0.3 is 4.52 Å². The molecule has 0 aromatic carbocycles. The van der Waals surface area contributed by atoms with Crippen molar-refractivity contribution in [2.45, 2.75) is 0 Å². The highest BCUT2D eigenvalue weighted by molar-refractivity contribution is 7.52. The molecule has 0 rings (SSSR count). The molecule has 0 N–H and O–H groups in total. The summed E-state index contributed by atoms with van der Waals surface area (Å²) < 4.78 is 5.44. The summed E-state index contributed by atoms with van der Waals surface area (Å²) in [5.74, 6) is 1.83. The van der Waals surface area contributed by atoms with Crippen LogP contribution in [0.2, 0.25) is 0 Å². The lowest BCUT2D eigenvalue weighted by Gasteiger charge is -2.13. The molecule has 0 fully saturated rings. The van der Waals surface area contributed by atoms with Gasteiger partial charge in [0, 0.05) is 38.1 Å². The highest BCUT2D eigenvalue weighted by atomic mass is 35.5. The molecule has 1 nitrogen and oxygen atoms in total. The fraction of sp³-hybridized carbons (Fsp3) is 1.00. The van der Waals surface area contributed by atoms with Crippen LogP contribution in [0, 0.1) is 0 Å². The van der Waals surface area contributed by atoms with Gasteiger partial charge in [0.1, 0.15) is 0 Å². The summed E-state index contributed by atoms with van der Waals surface area (Å²) in [5, 5.41) is 0. The SMILES string of the molecule is ClCCOP(CCCl)CCCl. The monoisotopic (exact) mass is 236 g/mol. The summed E-state index contributed by atoms with van der Waals surface area (Å²) in [6.45, 7) is 0.612. The molecule has 0 saturated heterocycles. The molecule has 68 valence electrons. The van der Waals surface area contributed by atoms with Crippen LogP contribution in [-0.2, 0) is 4.52 Å². The molecule has 0 aromatic rings. The lowest BCUT2D eigenvalue weighted by molar-refractivity contribution is 0.381. The first-order valence-corrected chi connectivity index (χ1v) is 6.64. The van der Waals surface area contributed by atoms with Gasteiger partial charge in [-0.2, -0.15) is 0 Å². The minimum absolute atomic E-state index is 0.415. The van der Waals surface area contributed by atoms with E-state index in [1.807, 2.05) is 0 Å².